The quantitative estimate of drug-likeness (QED) is 0.125. The van der Waals surface area contributed by atoms with Crippen LogP contribution in [-0.4, -0.2) is 116 Å². The second kappa shape index (κ2) is 44.1. The third-order valence-electron chi connectivity index (χ3n) is 2.06. The number of aliphatic carboxylic acids is 3. The molecule has 0 amide bonds. The van der Waals surface area contributed by atoms with E-state index in [1.54, 1.807) is 0 Å². The second-order valence-electron chi connectivity index (χ2n) is 5.28. The molecule has 0 unspecified atom stereocenters. The summed E-state index contributed by atoms with van der Waals surface area (Å²) in [4.78, 5) is 27.8. The molecule has 0 saturated heterocycles. The molecule has 0 aromatic heterocycles. The van der Waals surface area contributed by atoms with Crippen molar-refractivity contribution in [1.29, 1.82) is 0 Å². The van der Waals surface area contributed by atoms with Gasteiger partial charge in [0.25, 0.3) is 0 Å². The summed E-state index contributed by atoms with van der Waals surface area (Å²) in [5.41, 5.74) is 0. The number of ether oxygens (including phenoxy) is 1. The maximum absolute atomic E-state index is 9.25. The van der Waals surface area contributed by atoms with E-state index in [0.29, 0.717) is 0 Å². The number of rotatable bonds is 11. The third kappa shape index (κ3) is 100. The number of carboxylic acids is 3. The van der Waals surface area contributed by atoms with Crippen molar-refractivity contribution in [3.05, 3.63) is 38.0 Å². The molecule has 0 aliphatic carbocycles. The predicted molar refractivity (Wildman–Crippen MR) is 125 cm³/mol. The van der Waals surface area contributed by atoms with Gasteiger partial charge in [0, 0.05) is 31.4 Å². The minimum Gasteiger partial charge on any atom is -0.478 e. The van der Waals surface area contributed by atoms with Crippen molar-refractivity contribution >= 4 is 17.9 Å². The zero-order valence-electron chi connectivity index (χ0n) is 19.8. The van der Waals surface area contributed by atoms with Crippen molar-refractivity contribution in [2.24, 2.45) is 0 Å². The van der Waals surface area contributed by atoms with Gasteiger partial charge < -0.3 is 50.7 Å². The van der Waals surface area contributed by atoms with E-state index in [-0.39, 0.29) is 26.4 Å². The Morgan fingerprint density at radius 1 is 0.647 bits per heavy atom. The van der Waals surface area contributed by atoms with Gasteiger partial charge in [-0.05, 0) is 12.8 Å². The number of carboxylic acid groups (broad SMARTS) is 3. The monoisotopic (exact) mass is 502 g/mol. The summed E-state index contributed by atoms with van der Waals surface area (Å²) in [6.07, 6.45) is 2.87. The normalized spacial score (nSPS) is 8.29. The highest BCUT2D eigenvalue weighted by Crippen LogP contribution is 1.81. The maximum Gasteiger partial charge on any atom is 0.327 e. The van der Waals surface area contributed by atoms with Crippen LogP contribution in [0.3, 0.4) is 0 Å². The smallest absolute Gasteiger partial charge is 0.327 e. The van der Waals surface area contributed by atoms with E-state index in [4.69, 9.17) is 50.7 Å². The first-order valence-electron chi connectivity index (χ1n) is 9.78. The van der Waals surface area contributed by atoms with Crippen LogP contribution in [0.4, 0.5) is 0 Å². The number of carbonyl (C=O) groups is 3. The van der Waals surface area contributed by atoms with Gasteiger partial charge in [-0.2, -0.15) is 0 Å². The van der Waals surface area contributed by atoms with Crippen LogP contribution in [0.1, 0.15) is 26.7 Å². The Bertz CT molecular complexity index is 403. The average Bonchev–Trinajstić information content (AvgIpc) is 2.84. The Balaban J connectivity index is -0.0000000695. The Hall–Kier alpha value is -2.65. The molecule has 0 aliphatic rings. The van der Waals surface area contributed by atoms with Gasteiger partial charge in [-0.25, -0.2) is 14.4 Å². The lowest BCUT2D eigenvalue weighted by molar-refractivity contribution is -0.132. The summed E-state index contributed by atoms with van der Waals surface area (Å²) in [6, 6.07) is 0. The fraction of sp³-hybridized carbons (Fsp3) is 0.571. The molecule has 0 aromatic carbocycles. The molecule has 0 bridgehead atoms. The lowest BCUT2D eigenvalue weighted by Gasteiger charge is -1.96. The highest BCUT2D eigenvalue weighted by Gasteiger charge is 1.94. The lowest BCUT2D eigenvalue weighted by atomic mass is 10.4. The molecule has 0 aliphatic heterocycles. The molecule has 0 aromatic rings. The van der Waals surface area contributed by atoms with Crippen LogP contribution in [0.2, 0.25) is 0 Å². The zero-order valence-corrected chi connectivity index (χ0v) is 19.8. The first-order chi connectivity index (χ1) is 15.8. The summed E-state index contributed by atoms with van der Waals surface area (Å²) >= 11 is 0. The van der Waals surface area contributed by atoms with E-state index in [2.05, 4.69) is 33.6 Å². The van der Waals surface area contributed by atoms with E-state index in [1.807, 2.05) is 0 Å². The summed E-state index contributed by atoms with van der Waals surface area (Å²) in [5, 5.41) is 70.8. The first kappa shape index (κ1) is 44.9. The predicted octanol–water partition coefficient (Wildman–Crippen LogP) is -0.742. The molecule has 13 nitrogen and oxygen atoms in total. The van der Waals surface area contributed by atoms with Gasteiger partial charge in [-0.15, -0.1) is 0 Å². The van der Waals surface area contributed by atoms with Crippen molar-refractivity contribution in [1.82, 2.24) is 0 Å². The molecule has 0 spiro atoms. The first-order valence-corrected chi connectivity index (χ1v) is 9.78. The zero-order chi connectivity index (χ0) is 28.4. The molecule has 0 saturated carbocycles. The van der Waals surface area contributed by atoms with Crippen LogP contribution in [0, 0.1) is 0 Å². The number of aliphatic hydroxyl groups is 6. The molecular weight excluding hydrogens is 460 g/mol. The molecule has 0 rings (SSSR count). The fourth-order valence-electron chi connectivity index (χ4n) is 0.506. The molecule has 0 radical (unpaired) electrons. The Labute approximate surface area is 200 Å². The molecule has 9 N–H and O–H groups in total. The SMILES string of the molecule is C=CC(=O)O.C=CC(=O)O.C=CC(=O)O.CCCOCCC.OCC(O)CO.OCC(O)CO. The van der Waals surface area contributed by atoms with Gasteiger partial charge in [0.05, 0.1) is 26.4 Å². The topological polar surface area (TPSA) is 243 Å². The minimum absolute atomic E-state index is 0.365. The molecule has 13 heteroatoms. The summed E-state index contributed by atoms with van der Waals surface area (Å²) in [7, 11) is 0. The summed E-state index contributed by atoms with van der Waals surface area (Å²) in [5.74, 6) is -2.94. The van der Waals surface area contributed by atoms with Crippen LogP contribution in [0.15, 0.2) is 38.0 Å². The van der Waals surface area contributed by atoms with Crippen LogP contribution >= 0.6 is 0 Å². The minimum atomic E-state index is -0.981. The van der Waals surface area contributed by atoms with Crippen LogP contribution in [0.25, 0.3) is 0 Å². The Morgan fingerprint density at radius 3 is 0.882 bits per heavy atom. The Kier molecular flexibility index (Phi) is 58.3. The van der Waals surface area contributed by atoms with Crippen LogP contribution < -0.4 is 0 Å². The van der Waals surface area contributed by atoms with E-state index < -0.39 is 30.1 Å². The molecule has 0 heterocycles. The van der Waals surface area contributed by atoms with E-state index in [1.165, 1.54) is 0 Å². The molecule has 0 fully saturated rings. The number of hydrogen-bond donors (Lipinski definition) is 9. The summed E-state index contributed by atoms with van der Waals surface area (Å²) < 4.78 is 5.13. The average molecular weight is 503 g/mol. The van der Waals surface area contributed by atoms with Gasteiger partial charge in [0.15, 0.2) is 0 Å². The third-order valence-corrected chi connectivity index (χ3v) is 2.06. The second-order valence-corrected chi connectivity index (χ2v) is 5.28. The van der Waals surface area contributed by atoms with E-state index in [9.17, 15) is 14.4 Å². The van der Waals surface area contributed by atoms with Crippen molar-refractivity contribution in [3.63, 3.8) is 0 Å². The summed E-state index contributed by atoms with van der Waals surface area (Å²) in [6.45, 7) is 13.5. The largest absolute Gasteiger partial charge is 0.478 e. The van der Waals surface area contributed by atoms with Gasteiger partial charge in [-0.3, -0.25) is 0 Å². The lowest BCUT2D eigenvalue weighted by Crippen LogP contribution is -2.15. The van der Waals surface area contributed by atoms with Crippen molar-refractivity contribution in [2.75, 3.05) is 39.6 Å². The molecule has 204 valence electrons. The van der Waals surface area contributed by atoms with Crippen LogP contribution in [-0.2, 0) is 19.1 Å². The maximum atomic E-state index is 9.25. The van der Waals surface area contributed by atoms with Gasteiger partial charge in [0.2, 0.25) is 0 Å². The molecule has 0 atom stereocenters. The number of aliphatic hydroxyl groups excluding tert-OH is 6. The number of hydrogen-bond acceptors (Lipinski definition) is 10. The van der Waals surface area contributed by atoms with E-state index >= 15 is 0 Å². The fourth-order valence-corrected chi connectivity index (χ4v) is 0.506. The van der Waals surface area contributed by atoms with Gasteiger partial charge >= 0.3 is 17.9 Å². The standard InChI is InChI=1S/C6H14O.2C3H8O3.3C3H4O2/c1-3-5-7-6-4-2;2*4-1-3(6)2-5;3*1-2-3(4)5/h3-6H2,1-2H3;2*3-6H,1-2H2;3*2H,1H2,(H,4,5). The van der Waals surface area contributed by atoms with Gasteiger partial charge in [0.1, 0.15) is 12.2 Å². The van der Waals surface area contributed by atoms with Crippen LogP contribution in [0.5, 0.6) is 0 Å². The van der Waals surface area contributed by atoms with Crippen molar-refractivity contribution < 1.29 is 65.1 Å². The van der Waals surface area contributed by atoms with Gasteiger partial charge in [-0.1, -0.05) is 33.6 Å². The highest BCUT2D eigenvalue weighted by atomic mass is 16.5. The molecular formula is C21H42O13. The van der Waals surface area contributed by atoms with E-state index in [0.717, 1.165) is 44.3 Å². The Morgan fingerprint density at radius 2 is 0.824 bits per heavy atom. The van der Waals surface area contributed by atoms with Crippen molar-refractivity contribution in [3.8, 4) is 0 Å². The van der Waals surface area contributed by atoms with Crippen molar-refractivity contribution in [2.45, 2.75) is 38.9 Å². The molecule has 34 heavy (non-hydrogen) atoms. The highest BCUT2D eigenvalue weighted by molar-refractivity contribution is 5.79.